The van der Waals surface area contributed by atoms with Crippen LogP contribution >= 0.6 is 11.8 Å². The van der Waals surface area contributed by atoms with Crippen molar-refractivity contribution in [1.82, 2.24) is 4.90 Å². The van der Waals surface area contributed by atoms with Crippen molar-refractivity contribution in [2.45, 2.75) is 39.5 Å². The standard InChI is InChI=1S/C13H23NO2S/c1-11(2)13(16)17-10-8-6-5-7-9-14(4)12(3)15/h1,5-10H2,2-4H3. The molecule has 0 atom stereocenters. The molecule has 98 valence electrons. The molecule has 0 spiro atoms. The number of rotatable bonds is 8. The van der Waals surface area contributed by atoms with E-state index in [4.69, 9.17) is 0 Å². The first kappa shape index (κ1) is 16.2. The number of hydrogen-bond acceptors (Lipinski definition) is 3. The lowest BCUT2D eigenvalue weighted by atomic mass is 10.2. The molecule has 1 amide bonds. The molecule has 4 heteroatoms. The molecule has 0 aliphatic rings. The van der Waals surface area contributed by atoms with E-state index < -0.39 is 0 Å². The van der Waals surface area contributed by atoms with Gasteiger partial charge in [0, 0.05) is 26.3 Å². The van der Waals surface area contributed by atoms with Gasteiger partial charge in [-0.3, -0.25) is 9.59 Å². The highest BCUT2D eigenvalue weighted by Gasteiger charge is 2.03. The molecule has 3 nitrogen and oxygen atoms in total. The first-order valence-corrected chi connectivity index (χ1v) is 6.98. The molecule has 0 N–H and O–H groups in total. The summed E-state index contributed by atoms with van der Waals surface area (Å²) in [6.07, 6.45) is 4.31. The summed E-state index contributed by atoms with van der Waals surface area (Å²) < 4.78 is 0. The fourth-order valence-corrected chi connectivity index (χ4v) is 2.03. The number of carbonyl (C=O) groups excluding carboxylic acids is 2. The Morgan fingerprint density at radius 2 is 1.71 bits per heavy atom. The topological polar surface area (TPSA) is 37.4 Å². The zero-order valence-corrected chi connectivity index (χ0v) is 11.9. The van der Waals surface area contributed by atoms with Crippen molar-refractivity contribution >= 4 is 22.8 Å². The normalized spacial score (nSPS) is 10.1. The van der Waals surface area contributed by atoms with E-state index in [0.29, 0.717) is 5.57 Å². The lowest BCUT2D eigenvalue weighted by Crippen LogP contribution is -2.24. The molecule has 0 bridgehead atoms. The average molecular weight is 257 g/mol. The van der Waals surface area contributed by atoms with Gasteiger partial charge in [-0.25, -0.2) is 0 Å². The highest BCUT2D eigenvalue weighted by Crippen LogP contribution is 2.12. The van der Waals surface area contributed by atoms with E-state index in [2.05, 4.69) is 6.58 Å². The predicted molar refractivity (Wildman–Crippen MR) is 74.1 cm³/mol. The summed E-state index contributed by atoms with van der Waals surface area (Å²) in [5, 5.41) is 0.0984. The SMILES string of the molecule is C=C(C)C(=O)SCCCCCCN(C)C(C)=O. The van der Waals surface area contributed by atoms with Crippen molar-refractivity contribution in [3.05, 3.63) is 12.2 Å². The molecule has 0 heterocycles. The third-order valence-electron chi connectivity index (χ3n) is 2.51. The zero-order chi connectivity index (χ0) is 13.3. The van der Waals surface area contributed by atoms with Crippen LogP contribution in [0.2, 0.25) is 0 Å². The van der Waals surface area contributed by atoms with Crippen LogP contribution in [0.5, 0.6) is 0 Å². The quantitative estimate of drug-likeness (QED) is 0.495. The van der Waals surface area contributed by atoms with Crippen LogP contribution in [-0.4, -0.2) is 35.3 Å². The van der Waals surface area contributed by atoms with Crippen LogP contribution in [0.1, 0.15) is 39.5 Å². The molecule has 0 aromatic heterocycles. The molecule has 0 saturated heterocycles. The molecule has 0 aromatic carbocycles. The zero-order valence-electron chi connectivity index (χ0n) is 11.1. The van der Waals surface area contributed by atoms with Gasteiger partial charge in [-0.2, -0.15) is 0 Å². The molecule has 0 aromatic rings. The van der Waals surface area contributed by atoms with Gasteiger partial charge in [-0.1, -0.05) is 31.2 Å². The van der Waals surface area contributed by atoms with E-state index in [9.17, 15) is 9.59 Å². The Morgan fingerprint density at radius 3 is 2.24 bits per heavy atom. The van der Waals surface area contributed by atoms with Gasteiger partial charge in [0.1, 0.15) is 0 Å². The van der Waals surface area contributed by atoms with Gasteiger partial charge < -0.3 is 4.90 Å². The Balaban J connectivity index is 3.33. The van der Waals surface area contributed by atoms with E-state index >= 15 is 0 Å². The summed E-state index contributed by atoms with van der Waals surface area (Å²) >= 11 is 1.35. The van der Waals surface area contributed by atoms with Crippen molar-refractivity contribution in [3.63, 3.8) is 0 Å². The maximum atomic E-state index is 11.2. The van der Waals surface area contributed by atoms with Crippen LogP contribution in [0.15, 0.2) is 12.2 Å². The maximum Gasteiger partial charge on any atom is 0.219 e. The monoisotopic (exact) mass is 257 g/mol. The van der Waals surface area contributed by atoms with Crippen LogP contribution < -0.4 is 0 Å². The minimum Gasteiger partial charge on any atom is -0.346 e. The number of thioether (sulfide) groups is 1. The van der Waals surface area contributed by atoms with E-state index in [0.717, 1.165) is 38.0 Å². The summed E-state index contributed by atoms with van der Waals surface area (Å²) in [4.78, 5) is 23.9. The molecule has 0 unspecified atom stereocenters. The number of unbranched alkanes of at least 4 members (excludes halogenated alkanes) is 3. The fourth-order valence-electron chi connectivity index (χ4n) is 1.25. The first-order valence-electron chi connectivity index (χ1n) is 5.99. The smallest absolute Gasteiger partial charge is 0.219 e. The van der Waals surface area contributed by atoms with E-state index in [1.807, 2.05) is 7.05 Å². The molecule has 0 aliphatic heterocycles. The van der Waals surface area contributed by atoms with Crippen molar-refractivity contribution in [1.29, 1.82) is 0 Å². The molecule has 17 heavy (non-hydrogen) atoms. The summed E-state index contributed by atoms with van der Waals surface area (Å²) in [5.74, 6) is 0.987. The van der Waals surface area contributed by atoms with Gasteiger partial charge in [-0.05, 0) is 25.3 Å². The number of hydrogen-bond donors (Lipinski definition) is 0. The molecular weight excluding hydrogens is 234 g/mol. The lowest BCUT2D eigenvalue weighted by Gasteiger charge is -2.13. The molecule has 0 fully saturated rings. The summed E-state index contributed by atoms with van der Waals surface area (Å²) in [5.41, 5.74) is 0.623. The molecule has 0 radical (unpaired) electrons. The largest absolute Gasteiger partial charge is 0.346 e. The van der Waals surface area contributed by atoms with Gasteiger partial charge in [0.05, 0.1) is 0 Å². The Morgan fingerprint density at radius 1 is 1.12 bits per heavy atom. The first-order chi connectivity index (χ1) is 7.95. The van der Waals surface area contributed by atoms with Crippen molar-refractivity contribution in [2.24, 2.45) is 0 Å². The Bertz CT molecular complexity index is 277. The lowest BCUT2D eigenvalue weighted by molar-refractivity contribution is -0.127. The minimum absolute atomic E-state index is 0.0984. The van der Waals surface area contributed by atoms with Crippen LogP contribution in [0, 0.1) is 0 Å². The van der Waals surface area contributed by atoms with E-state index in [-0.39, 0.29) is 11.0 Å². The van der Waals surface area contributed by atoms with Gasteiger partial charge in [0.15, 0.2) is 0 Å². The summed E-state index contributed by atoms with van der Waals surface area (Å²) in [7, 11) is 1.82. The van der Waals surface area contributed by atoms with Crippen LogP contribution in [0.3, 0.4) is 0 Å². The fraction of sp³-hybridized carbons (Fsp3) is 0.692. The molecule has 0 saturated carbocycles. The van der Waals surface area contributed by atoms with Crippen molar-refractivity contribution in [2.75, 3.05) is 19.3 Å². The van der Waals surface area contributed by atoms with Gasteiger partial charge in [0.25, 0.3) is 0 Å². The summed E-state index contributed by atoms with van der Waals surface area (Å²) in [6, 6.07) is 0. The number of carbonyl (C=O) groups is 2. The van der Waals surface area contributed by atoms with Crippen molar-refractivity contribution < 1.29 is 9.59 Å². The van der Waals surface area contributed by atoms with Crippen LogP contribution in [-0.2, 0) is 9.59 Å². The van der Waals surface area contributed by atoms with Gasteiger partial charge >= 0.3 is 0 Å². The number of amides is 1. The predicted octanol–water partition coefficient (Wildman–Crippen LogP) is 2.86. The summed E-state index contributed by atoms with van der Waals surface area (Å²) in [6.45, 7) is 7.76. The molecule has 0 aliphatic carbocycles. The van der Waals surface area contributed by atoms with Gasteiger partial charge in [0.2, 0.25) is 11.0 Å². The third-order valence-corrected chi connectivity index (χ3v) is 3.61. The van der Waals surface area contributed by atoms with Crippen LogP contribution in [0.4, 0.5) is 0 Å². The Labute approximate surface area is 109 Å². The highest BCUT2D eigenvalue weighted by atomic mass is 32.2. The van der Waals surface area contributed by atoms with Crippen LogP contribution in [0.25, 0.3) is 0 Å². The minimum atomic E-state index is 0.0984. The van der Waals surface area contributed by atoms with Crippen molar-refractivity contribution in [3.8, 4) is 0 Å². The second-order valence-corrected chi connectivity index (χ2v) is 5.34. The Kier molecular flexibility index (Phi) is 8.86. The van der Waals surface area contributed by atoms with Gasteiger partial charge in [-0.15, -0.1) is 0 Å². The average Bonchev–Trinajstić information content (AvgIpc) is 2.26. The van der Waals surface area contributed by atoms with E-state index in [1.165, 1.54) is 11.8 Å². The second-order valence-electron chi connectivity index (χ2n) is 4.27. The third kappa shape index (κ3) is 8.98. The Hall–Kier alpha value is -0.770. The molecular formula is C13H23NO2S. The second kappa shape index (κ2) is 9.28. The number of nitrogens with zero attached hydrogens (tertiary/aromatic N) is 1. The van der Waals surface area contributed by atoms with E-state index in [1.54, 1.807) is 18.7 Å². The maximum absolute atomic E-state index is 11.2. The highest BCUT2D eigenvalue weighted by molar-refractivity contribution is 8.14. The molecule has 0 rings (SSSR count).